The highest BCUT2D eigenvalue weighted by molar-refractivity contribution is 4.93. The molecule has 0 saturated carbocycles. The molecule has 1 unspecified atom stereocenters. The van der Waals surface area contributed by atoms with Gasteiger partial charge in [-0.05, 0) is 53.6 Å². The van der Waals surface area contributed by atoms with Crippen LogP contribution in [0.4, 0.5) is 0 Å². The number of hydrogen-bond donors (Lipinski definition) is 2. The lowest BCUT2D eigenvalue weighted by Crippen LogP contribution is -2.62. The van der Waals surface area contributed by atoms with Crippen molar-refractivity contribution < 1.29 is 4.74 Å². The highest BCUT2D eigenvalue weighted by Gasteiger charge is 2.35. The van der Waals surface area contributed by atoms with Crippen LogP contribution in [0.1, 0.15) is 47.0 Å². The summed E-state index contributed by atoms with van der Waals surface area (Å²) in [5, 5.41) is 0. The minimum absolute atomic E-state index is 0.0457. The van der Waals surface area contributed by atoms with Crippen LogP contribution < -0.4 is 11.3 Å². The molecule has 102 valence electrons. The molecular formula is C13H29N3O. The fourth-order valence-corrected chi connectivity index (χ4v) is 2.44. The first-order valence-corrected chi connectivity index (χ1v) is 6.81. The minimum Gasteiger partial charge on any atom is -0.377 e. The van der Waals surface area contributed by atoms with Gasteiger partial charge in [-0.15, -0.1) is 0 Å². The second kappa shape index (κ2) is 6.69. The van der Waals surface area contributed by atoms with Gasteiger partial charge in [0.25, 0.3) is 0 Å². The summed E-state index contributed by atoms with van der Waals surface area (Å²) in [5.41, 5.74) is 2.97. The van der Waals surface area contributed by atoms with Crippen molar-refractivity contribution in [3.8, 4) is 0 Å². The molecule has 17 heavy (non-hydrogen) atoms. The Morgan fingerprint density at radius 3 is 2.29 bits per heavy atom. The predicted molar refractivity (Wildman–Crippen MR) is 71.7 cm³/mol. The standard InChI is InChI=1S/C13H29N3O/c1-11(2)17-10-12(15-14)13(3,4)16-8-6-5-7-9-16/h11-12,15H,5-10,14H2,1-4H3. The topological polar surface area (TPSA) is 50.5 Å². The molecule has 0 aromatic carbocycles. The summed E-state index contributed by atoms with van der Waals surface area (Å²) in [4.78, 5) is 2.53. The number of nitrogens with zero attached hydrogens (tertiary/aromatic N) is 1. The summed E-state index contributed by atoms with van der Waals surface area (Å²) in [5.74, 6) is 5.70. The molecule has 0 aromatic rings. The first kappa shape index (κ1) is 14.9. The number of ether oxygens (including phenoxy) is 1. The van der Waals surface area contributed by atoms with Crippen molar-refractivity contribution >= 4 is 0 Å². The third kappa shape index (κ3) is 4.21. The summed E-state index contributed by atoms with van der Waals surface area (Å²) in [6.45, 7) is 11.6. The molecule has 0 bridgehead atoms. The van der Waals surface area contributed by atoms with Crippen molar-refractivity contribution in [2.45, 2.75) is 64.6 Å². The van der Waals surface area contributed by atoms with Gasteiger partial charge in [-0.3, -0.25) is 16.2 Å². The van der Waals surface area contributed by atoms with Crippen molar-refractivity contribution in [2.75, 3.05) is 19.7 Å². The molecule has 0 spiro atoms. The number of nitrogens with two attached hydrogens (primary N) is 1. The van der Waals surface area contributed by atoms with E-state index in [9.17, 15) is 0 Å². The second-order valence-electron chi connectivity index (χ2n) is 5.80. The fraction of sp³-hybridized carbons (Fsp3) is 1.00. The van der Waals surface area contributed by atoms with E-state index in [4.69, 9.17) is 10.6 Å². The van der Waals surface area contributed by atoms with E-state index in [-0.39, 0.29) is 17.7 Å². The van der Waals surface area contributed by atoms with E-state index in [1.165, 1.54) is 32.4 Å². The van der Waals surface area contributed by atoms with E-state index in [1.54, 1.807) is 0 Å². The maximum atomic E-state index is 5.70. The summed E-state index contributed by atoms with van der Waals surface area (Å²) in [6, 6.07) is 0.169. The van der Waals surface area contributed by atoms with Gasteiger partial charge in [-0.2, -0.15) is 0 Å². The van der Waals surface area contributed by atoms with Crippen LogP contribution in [0.15, 0.2) is 0 Å². The van der Waals surface area contributed by atoms with Crippen LogP contribution in [0.25, 0.3) is 0 Å². The summed E-state index contributed by atoms with van der Waals surface area (Å²) in [6.07, 6.45) is 4.20. The van der Waals surface area contributed by atoms with Crippen LogP contribution in [0.3, 0.4) is 0 Å². The number of piperidine rings is 1. The summed E-state index contributed by atoms with van der Waals surface area (Å²) < 4.78 is 5.70. The maximum absolute atomic E-state index is 5.70. The molecule has 1 rings (SSSR count). The first-order valence-electron chi connectivity index (χ1n) is 6.81. The Hall–Kier alpha value is -0.160. The van der Waals surface area contributed by atoms with Gasteiger partial charge >= 0.3 is 0 Å². The average molecular weight is 243 g/mol. The Morgan fingerprint density at radius 2 is 1.82 bits per heavy atom. The monoisotopic (exact) mass is 243 g/mol. The lowest BCUT2D eigenvalue weighted by atomic mass is 9.91. The quantitative estimate of drug-likeness (QED) is 0.548. The largest absolute Gasteiger partial charge is 0.377 e. The van der Waals surface area contributed by atoms with Crippen LogP contribution in [-0.4, -0.2) is 42.3 Å². The van der Waals surface area contributed by atoms with E-state index in [1.807, 2.05) is 0 Å². The summed E-state index contributed by atoms with van der Waals surface area (Å²) >= 11 is 0. The van der Waals surface area contributed by atoms with Crippen molar-refractivity contribution in [3.05, 3.63) is 0 Å². The zero-order valence-corrected chi connectivity index (χ0v) is 11.8. The van der Waals surface area contributed by atoms with E-state index in [2.05, 4.69) is 38.0 Å². The van der Waals surface area contributed by atoms with Crippen molar-refractivity contribution in [3.63, 3.8) is 0 Å². The molecule has 4 heteroatoms. The Labute approximate surface area is 106 Å². The van der Waals surface area contributed by atoms with Gasteiger partial charge in [-0.25, -0.2) is 0 Å². The Morgan fingerprint density at radius 1 is 1.24 bits per heavy atom. The lowest BCUT2D eigenvalue weighted by molar-refractivity contribution is -0.00292. The van der Waals surface area contributed by atoms with Gasteiger partial charge in [0, 0.05) is 5.54 Å². The molecule has 1 atom stereocenters. The molecule has 4 nitrogen and oxygen atoms in total. The smallest absolute Gasteiger partial charge is 0.0654 e. The van der Waals surface area contributed by atoms with E-state index < -0.39 is 0 Å². The highest BCUT2D eigenvalue weighted by Crippen LogP contribution is 2.24. The minimum atomic E-state index is 0.0457. The predicted octanol–water partition coefficient (Wildman–Crippen LogP) is 1.51. The van der Waals surface area contributed by atoms with Gasteiger partial charge in [0.05, 0.1) is 18.8 Å². The second-order valence-corrected chi connectivity index (χ2v) is 5.80. The van der Waals surface area contributed by atoms with Crippen LogP contribution >= 0.6 is 0 Å². The average Bonchev–Trinajstić information content (AvgIpc) is 2.30. The van der Waals surface area contributed by atoms with E-state index in [0.29, 0.717) is 6.61 Å². The number of nitrogens with one attached hydrogen (secondary N) is 1. The van der Waals surface area contributed by atoms with Crippen LogP contribution in [-0.2, 0) is 4.74 Å². The highest BCUT2D eigenvalue weighted by atomic mass is 16.5. The third-order valence-electron chi connectivity index (χ3n) is 3.82. The molecule has 1 saturated heterocycles. The fourth-order valence-electron chi connectivity index (χ4n) is 2.44. The molecule has 0 aliphatic carbocycles. The van der Waals surface area contributed by atoms with Gasteiger partial charge in [0.15, 0.2) is 0 Å². The van der Waals surface area contributed by atoms with Crippen molar-refractivity contribution in [1.82, 2.24) is 10.3 Å². The SMILES string of the molecule is CC(C)OCC(NN)C(C)(C)N1CCCCC1. The summed E-state index contributed by atoms with van der Waals surface area (Å²) in [7, 11) is 0. The van der Waals surface area contributed by atoms with Crippen LogP contribution in [0.5, 0.6) is 0 Å². The molecule has 1 aliphatic heterocycles. The lowest BCUT2D eigenvalue weighted by Gasteiger charge is -2.45. The molecule has 3 N–H and O–H groups in total. The van der Waals surface area contributed by atoms with Crippen LogP contribution in [0, 0.1) is 0 Å². The molecule has 0 aromatic heterocycles. The van der Waals surface area contributed by atoms with Crippen molar-refractivity contribution in [1.29, 1.82) is 0 Å². The number of likely N-dealkylation sites (tertiary alicyclic amines) is 1. The van der Waals surface area contributed by atoms with Gasteiger partial charge < -0.3 is 4.74 Å². The molecule has 0 radical (unpaired) electrons. The van der Waals surface area contributed by atoms with Crippen molar-refractivity contribution in [2.24, 2.45) is 5.84 Å². The number of hydrazine groups is 1. The van der Waals surface area contributed by atoms with E-state index in [0.717, 1.165) is 0 Å². The van der Waals surface area contributed by atoms with Gasteiger partial charge in [0.2, 0.25) is 0 Å². The Kier molecular flexibility index (Phi) is 5.86. The molecule has 1 fully saturated rings. The number of hydrogen-bond acceptors (Lipinski definition) is 4. The Balaban J connectivity index is 2.56. The van der Waals surface area contributed by atoms with Crippen LogP contribution in [0.2, 0.25) is 0 Å². The van der Waals surface area contributed by atoms with E-state index >= 15 is 0 Å². The molecule has 0 amide bonds. The zero-order valence-electron chi connectivity index (χ0n) is 11.8. The molecular weight excluding hydrogens is 214 g/mol. The molecule has 1 heterocycles. The normalized spacial score (nSPS) is 20.8. The first-order chi connectivity index (χ1) is 7.98. The zero-order chi connectivity index (χ0) is 12.9. The third-order valence-corrected chi connectivity index (χ3v) is 3.82. The maximum Gasteiger partial charge on any atom is 0.0654 e. The van der Waals surface area contributed by atoms with Gasteiger partial charge in [0.1, 0.15) is 0 Å². The molecule has 1 aliphatic rings. The van der Waals surface area contributed by atoms with Gasteiger partial charge in [-0.1, -0.05) is 6.42 Å². The number of rotatable bonds is 6. The Bertz CT molecular complexity index is 213.